The van der Waals surface area contributed by atoms with Crippen molar-refractivity contribution in [3.8, 4) is 0 Å². The van der Waals surface area contributed by atoms with Crippen molar-refractivity contribution in [3.63, 3.8) is 0 Å². The third kappa shape index (κ3) is 2.62. The summed E-state index contributed by atoms with van der Waals surface area (Å²) in [6.07, 6.45) is 1.33. The SMILES string of the molecule is Cc1cc(C(=O)NCC(N)=O)co1. The highest BCUT2D eigenvalue weighted by Gasteiger charge is 2.08. The molecule has 5 heteroatoms. The van der Waals surface area contributed by atoms with Crippen molar-refractivity contribution in [2.45, 2.75) is 6.92 Å². The predicted octanol–water partition coefficient (Wildman–Crippen LogP) is -0.197. The summed E-state index contributed by atoms with van der Waals surface area (Å²) in [7, 11) is 0. The molecule has 0 bridgehead atoms. The van der Waals surface area contributed by atoms with E-state index in [1.165, 1.54) is 6.26 Å². The Bertz CT molecular complexity index is 330. The van der Waals surface area contributed by atoms with E-state index in [1.54, 1.807) is 13.0 Å². The highest BCUT2D eigenvalue weighted by molar-refractivity contribution is 5.96. The standard InChI is InChI=1S/C8H10N2O3/c1-5-2-6(4-13-5)8(12)10-3-7(9)11/h2,4H,3H2,1H3,(H2,9,11)(H,10,12). The van der Waals surface area contributed by atoms with E-state index in [1.807, 2.05) is 0 Å². The normalized spacial score (nSPS) is 9.62. The van der Waals surface area contributed by atoms with Crippen molar-refractivity contribution < 1.29 is 14.0 Å². The maximum Gasteiger partial charge on any atom is 0.254 e. The van der Waals surface area contributed by atoms with Crippen molar-refractivity contribution in [1.82, 2.24) is 5.32 Å². The number of nitrogens with one attached hydrogen (secondary N) is 1. The maximum absolute atomic E-state index is 11.2. The van der Waals surface area contributed by atoms with Crippen LogP contribution in [0, 0.1) is 6.92 Å². The number of aryl methyl sites for hydroxylation is 1. The fourth-order valence-corrected chi connectivity index (χ4v) is 0.832. The van der Waals surface area contributed by atoms with E-state index in [2.05, 4.69) is 5.32 Å². The van der Waals surface area contributed by atoms with Gasteiger partial charge in [-0.2, -0.15) is 0 Å². The molecule has 0 aliphatic rings. The monoisotopic (exact) mass is 182 g/mol. The van der Waals surface area contributed by atoms with Crippen molar-refractivity contribution in [3.05, 3.63) is 23.7 Å². The average Bonchev–Trinajstić information content (AvgIpc) is 2.47. The number of carbonyl (C=O) groups is 2. The van der Waals surface area contributed by atoms with Crippen LogP contribution < -0.4 is 11.1 Å². The number of hydrogen-bond donors (Lipinski definition) is 2. The highest BCUT2D eigenvalue weighted by atomic mass is 16.3. The second kappa shape index (κ2) is 3.75. The first-order valence-electron chi connectivity index (χ1n) is 3.71. The molecule has 0 aliphatic heterocycles. The predicted molar refractivity (Wildman–Crippen MR) is 45.0 cm³/mol. The fraction of sp³-hybridized carbons (Fsp3) is 0.250. The van der Waals surface area contributed by atoms with Crippen LogP contribution in [-0.2, 0) is 4.79 Å². The molecule has 1 aromatic rings. The smallest absolute Gasteiger partial charge is 0.254 e. The molecule has 1 rings (SSSR count). The second-order valence-electron chi connectivity index (χ2n) is 2.60. The van der Waals surface area contributed by atoms with Crippen molar-refractivity contribution in [2.75, 3.05) is 6.54 Å². The van der Waals surface area contributed by atoms with Crippen molar-refractivity contribution in [2.24, 2.45) is 5.73 Å². The van der Waals surface area contributed by atoms with Gasteiger partial charge in [0.15, 0.2) is 0 Å². The van der Waals surface area contributed by atoms with Gasteiger partial charge >= 0.3 is 0 Å². The van der Waals surface area contributed by atoms with Crippen LogP contribution >= 0.6 is 0 Å². The van der Waals surface area contributed by atoms with Crippen LogP contribution in [0.25, 0.3) is 0 Å². The van der Waals surface area contributed by atoms with Gasteiger partial charge in [-0.05, 0) is 13.0 Å². The third-order valence-electron chi connectivity index (χ3n) is 1.42. The molecule has 1 heterocycles. The summed E-state index contributed by atoms with van der Waals surface area (Å²) in [4.78, 5) is 21.5. The number of amides is 2. The van der Waals surface area contributed by atoms with Crippen LogP contribution in [0.15, 0.2) is 16.7 Å². The lowest BCUT2D eigenvalue weighted by Crippen LogP contribution is -2.33. The minimum atomic E-state index is -0.575. The van der Waals surface area contributed by atoms with Gasteiger partial charge in [0.05, 0.1) is 12.1 Å². The molecule has 0 saturated heterocycles. The Hall–Kier alpha value is -1.78. The molecule has 0 aromatic carbocycles. The molecule has 0 aliphatic carbocycles. The topological polar surface area (TPSA) is 85.3 Å². The van der Waals surface area contributed by atoms with E-state index in [-0.39, 0.29) is 12.5 Å². The van der Waals surface area contributed by atoms with Gasteiger partial charge in [-0.3, -0.25) is 9.59 Å². The van der Waals surface area contributed by atoms with Gasteiger partial charge in [-0.15, -0.1) is 0 Å². The van der Waals surface area contributed by atoms with Crippen LogP contribution in [0.4, 0.5) is 0 Å². The van der Waals surface area contributed by atoms with Crippen LogP contribution in [-0.4, -0.2) is 18.4 Å². The number of nitrogens with two attached hydrogens (primary N) is 1. The Kier molecular flexibility index (Phi) is 2.69. The van der Waals surface area contributed by atoms with E-state index in [0.717, 1.165) is 0 Å². The maximum atomic E-state index is 11.2. The summed E-state index contributed by atoms with van der Waals surface area (Å²) < 4.78 is 4.92. The Morgan fingerprint density at radius 2 is 2.31 bits per heavy atom. The van der Waals surface area contributed by atoms with Crippen LogP contribution in [0.3, 0.4) is 0 Å². The van der Waals surface area contributed by atoms with Gasteiger partial charge < -0.3 is 15.5 Å². The number of rotatable bonds is 3. The van der Waals surface area contributed by atoms with Crippen LogP contribution in [0.2, 0.25) is 0 Å². The summed E-state index contributed by atoms with van der Waals surface area (Å²) in [5.74, 6) is -0.298. The first-order chi connectivity index (χ1) is 6.09. The minimum absolute atomic E-state index is 0.164. The largest absolute Gasteiger partial charge is 0.469 e. The number of hydrogen-bond acceptors (Lipinski definition) is 3. The van der Waals surface area contributed by atoms with E-state index < -0.39 is 5.91 Å². The molecule has 0 spiro atoms. The zero-order valence-corrected chi connectivity index (χ0v) is 7.16. The lowest BCUT2D eigenvalue weighted by molar-refractivity contribution is -0.117. The Morgan fingerprint density at radius 1 is 1.62 bits per heavy atom. The highest BCUT2D eigenvalue weighted by Crippen LogP contribution is 2.05. The lowest BCUT2D eigenvalue weighted by Gasteiger charge is -1.97. The van der Waals surface area contributed by atoms with Gasteiger partial charge in [0.2, 0.25) is 5.91 Å². The molecule has 3 N–H and O–H groups in total. The fourth-order valence-electron chi connectivity index (χ4n) is 0.832. The number of furan rings is 1. The molecular weight excluding hydrogens is 172 g/mol. The Labute approximate surface area is 74.9 Å². The molecular formula is C8H10N2O3. The molecule has 0 atom stereocenters. The summed E-state index contributed by atoms with van der Waals surface area (Å²) in [6, 6.07) is 1.58. The van der Waals surface area contributed by atoms with Crippen molar-refractivity contribution in [1.29, 1.82) is 0 Å². The zero-order valence-electron chi connectivity index (χ0n) is 7.16. The molecule has 2 amide bonds. The molecule has 0 unspecified atom stereocenters. The van der Waals surface area contributed by atoms with Crippen LogP contribution in [0.5, 0.6) is 0 Å². The molecule has 0 fully saturated rings. The van der Waals surface area contributed by atoms with Gasteiger partial charge in [0.25, 0.3) is 5.91 Å². The quantitative estimate of drug-likeness (QED) is 0.679. The lowest BCUT2D eigenvalue weighted by atomic mass is 10.3. The second-order valence-corrected chi connectivity index (χ2v) is 2.60. The first-order valence-corrected chi connectivity index (χ1v) is 3.71. The third-order valence-corrected chi connectivity index (χ3v) is 1.42. The molecule has 70 valence electrons. The summed E-state index contributed by atoms with van der Waals surface area (Å²) in [6.45, 7) is 1.56. The average molecular weight is 182 g/mol. The molecule has 13 heavy (non-hydrogen) atoms. The Morgan fingerprint density at radius 3 is 2.77 bits per heavy atom. The molecule has 5 nitrogen and oxygen atoms in total. The van der Waals surface area contributed by atoms with E-state index in [0.29, 0.717) is 11.3 Å². The van der Waals surface area contributed by atoms with E-state index >= 15 is 0 Å². The molecule has 0 radical (unpaired) electrons. The number of carbonyl (C=O) groups excluding carboxylic acids is 2. The molecule has 1 aromatic heterocycles. The van der Waals surface area contributed by atoms with Gasteiger partial charge in [0.1, 0.15) is 12.0 Å². The van der Waals surface area contributed by atoms with Crippen molar-refractivity contribution >= 4 is 11.8 Å². The van der Waals surface area contributed by atoms with E-state index in [4.69, 9.17) is 10.2 Å². The molecule has 0 saturated carbocycles. The zero-order chi connectivity index (χ0) is 9.84. The first kappa shape index (κ1) is 9.31. The van der Waals surface area contributed by atoms with Crippen LogP contribution in [0.1, 0.15) is 16.1 Å². The summed E-state index contributed by atoms with van der Waals surface area (Å²) in [5.41, 5.74) is 5.23. The van der Waals surface area contributed by atoms with Gasteiger partial charge in [0, 0.05) is 0 Å². The Balaban J connectivity index is 2.54. The van der Waals surface area contributed by atoms with Gasteiger partial charge in [-0.25, -0.2) is 0 Å². The minimum Gasteiger partial charge on any atom is -0.469 e. The summed E-state index contributed by atoms with van der Waals surface area (Å²) in [5, 5.41) is 2.34. The van der Waals surface area contributed by atoms with E-state index in [9.17, 15) is 9.59 Å². The van der Waals surface area contributed by atoms with Gasteiger partial charge in [-0.1, -0.05) is 0 Å². The summed E-state index contributed by atoms with van der Waals surface area (Å²) >= 11 is 0. The number of primary amides is 1.